The molecule has 1 amide bonds. The van der Waals surface area contributed by atoms with E-state index in [4.69, 9.17) is 16.3 Å². The van der Waals surface area contributed by atoms with Gasteiger partial charge in [0.25, 0.3) is 5.91 Å². The van der Waals surface area contributed by atoms with Gasteiger partial charge in [-0.1, -0.05) is 23.7 Å². The fourth-order valence-electron chi connectivity index (χ4n) is 2.83. The lowest BCUT2D eigenvalue weighted by Crippen LogP contribution is -2.14. The van der Waals surface area contributed by atoms with Crippen LogP contribution in [0.1, 0.15) is 27.2 Å². The molecule has 140 valence electrons. The van der Waals surface area contributed by atoms with Gasteiger partial charge in [0.05, 0.1) is 13.7 Å². The molecule has 5 nitrogen and oxygen atoms in total. The summed E-state index contributed by atoms with van der Waals surface area (Å²) in [6, 6.07) is 11.5. The van der Waals surface area contributed by atoms with Crippen LogP contribution in [0.2, 0.25) is 5.02 Å². The summed E-state index contributed by atoms with van der Waals surface area (Å²) in [6.07, 6.45) is 0. The van der Waals surface area contributed by atoms with Gasteiger partial charge in [0, 0.05) is 33.5 Å². The van der Waals surface area contributed by atoms with Crippen molar-refractivity contribution >= 4 is 23.3 Å². The summed E-state index contributed by atoms with van der Waals surface area (Å²) in [6.45, 7) is 3.82. The minimum absolute atomic E-state index is 0.172. The van der Waals surface area contributed by atoms with Crippen molar-refractivity contribution in [3.8, 4) is 5.75 Å². The number of carbonyl (C=O) groups excluding carboxylic acids is 1. The normalized spacial score (nSPS) is 10.7. The predicted molar refractivity (Wildman–Crippen MR) is 103 cm³/mol. The summed E-state index contributed by atoms with van der Waals surface area (Å²) in [4.78, 5) is 12.6. The molecule has 0 aliphatic heterocycles. The molecule has 3 rings (SSSR count). The van der Waals surface area contributed by atoms with Crippen LogP contribution in [0.5, 0.6) is 5.75 Å². The van der Waals surface area contributed by atoms with Crippen LogP contribution >= 0.6 is 11.6 Å². The van der Waals surface area contributed by atoms with Gasteiger partial charge in [0.1, 0.15) is 11.6 Å². The summed E-state index contributed by atoms with van der Waals surface area (Å²) < 4.78 is 20.9. The number of aromatic nitrogens is 2. The largest absolute Gasteiger partial charge is 0.496 e. The molecule has 0 aliphatic rings. The van der Waals surface area contributed by atoms with Gasteiger partial charge in [0.2, 0.25) is 0 Å². The summed E-state index contributed by atoms with van der Waals surface area (Å²) in [5.41, 5.74) is 2.37. The molecule has 0 radical (unpaired) electrons. The number of carbonyl (C=O) groups is 1. The quantitative estimate of drug-likeness (QED) is 0.696. The minimum atomic E-state index is -0.394. The molecule has 1 heterocycles. The second-order valence-electron chi connectivity index (χ2n) is 6.12. The van der Waals surface area contributed by atoms with Crippen LogP contribution in [0.25, 0.3) is 0 Å². The average Bonchev–Trinajstić information content (AvgIpc) is 2.97. The number of amides is 1. The van der Waals surface area contributed by atoms with E-state index in [1.165, 1.54) is 6.07 Å². The van der Waals surface area contributed by atoms with Gasteiger partial charge in [-0.2, -0.15) is 5.10 Å². The molecule has 0 unspecified atom stereocenters. The van der Waals surface area contributed by atoms with E-state index < -0.39 is 5.82 Å². The van der Waals surface area contributed by atoms with Gasteiger partial charge >= 0.3 is 0 Å². The number of hydrogen-bond acceptors (Lipinski definition) is 3. The average molecular weight is 388 g/mol. The van der Waals surface area contributed by atoms with E-state index in [1.54, 1.807) is 48.2 Å². The van der Waals surface area contributed by atoms with Gasteiger partial charge in [-0.3, -0.25) is 9.48 Å². The van der Waals surface area contributed by atoms with Crippen LogP contribution in [0, 0.1) is 19.7 Å². The zero-order valence-electron chi connectivity index (χ0n) is 15.2. The number of hydrogen-bond donors (Lipinski definition) is 1. The third-order valence-electron chi connectivity index (χ3n) is 4.34. The molecule has 0 aliphatic carbocycles. The van der Waals surface area contributed by atoms with Crippen molar-refractivity contribution in [1.82, 2.24) is 9.78 Å². The highest BCUT2D eigenvalue weighted by atomic mass is 35.5. The van der Waals surface area contributed by atoms with Crippen LogP contribution in [0.4, 0.5) is 10.2 Å². The Balaban J connectivity index is 1.82. The highest BCUT2D eigenvalue weighted by Gasteiger charge is 2.15. The maximum atomic E-state index is 14.0. The van der Waals surface area contributed by atoms with Crippen LogP contribution in [0.3, 0.4) is 0 Å². The van der Waals surface area contributed by atoms with Gasteiger partial charge in [0.15, 0.2) is 5.82 Å². The Morgan fingerprint density at radius 1 is 1.26 bits per heavy atom. The molecular weight excluding hydrogens is 369 g/mol. The Morgan fingerprint density at radius 3 is 2.70 bits per heavy atom. The molecular formula is C20H19ClFN3O2. The molecule has 1 aromatic heterocycles. The Bertz CT molecular complexity index is 981. The van der Waals surface area contributed by atoms with E-state index in [9.17, 15) is 9.18 Å². The predicted octanol–water partition coefficient (Wildman–Crippen LogP) is 4.60. The zero-order chi connectivity index (χ0) is 19.6. The van der Waals surface area contributed by atoms with Crippen molar-refractivity contribution < 1.29 is 13.9 Å². The fourth-order valence-corrected chi connectivity index (χ4v) is 3.05. The van der Waals surface area contributed by atoms with Gasteiger partial charge in [-0.15, -0.1) is 0 Å². The molecule has 0 saturated carbocycles. The maximum absolute atomic E-state index is 14.0. The number of nitrogens with zero attached hydrogens (tertiary/aromatic N) is 2. The number of anilines is 1. The summed E-state index contributed by atoms with van der Waals surface area (Å²) in [5, 5.41) is 7.46. The maximum Gasteiger partial charge on any atom is 0.257 e. The number of benzene rings is 2. The van der Waals surface area contributed by atoms with Crippen LogP contribution in [-0.4, -0.2) is 22.8 Å². The van der Waals surface area contributed by atoms with E-state index in [1.807, 2.05) is 13.8 Å². The first-order valence-corrected chi connectivity index (χ1v) is 8.70. The molecule has 0 saturated heterocycles. The van der Waals surface area contributed by atoms with Crippen molar-refractivity contribution in [1.29, 1.82) is 0 Å². The van der Waals surface area contributed by atoms with Crippen molar-refractivity contribution in [2.75, 3.05) is 12.4 Å². The number of nitrogens with one attached hydrogen (secondary N) is 1. The number of aryl methyl sites for hydroxylation is 1. The molecule has 2 aromatic carbocycles. The summed E-state index contributed by atoms with van der Waals surface area (Å²) in [5.74, 6) is 0.334. The summed E-state index contributed by atoms with van der Waals surface area (Å²) >= 11 is 6.09. The standard InChI is InChI=1S/C20H19ClFN3O2/c1-12-10-19(23-20(26)14-6-4-9-18(27-3)13(14)2)24-25(12)11-15-16(21)7-5-8-17(15)22/h4-10H,11H2,1-3H3,(H,23,24,26). The SMILES string of the molecule is COc1cccc(C(=O)Nc2cc(C)n(Cc3c(F)cccc3Cl)n2)c1C. The molecule has 0 fully saturated rings. The fraction of sp³-hybridized carbons (Fsp3) is 0.200. The molecule has 0 bridgehead atoms. The van der Waals surface area contributed by atoms with Crippen molar-refractivity contribution in [3.63, 3.8) is 0 Å². The highest BCUT2D eigenvalue weighted by molar-refractivity contribution is 6.31. The number of methoxy groups -OCH3 is 1. The monoisotopic (exact) mass is 387 g/mol. The lowest BCUT2D eigenvalue weighted by atomic mass is 10.1. The first-order chi connectivity index (χ1) is 12.9. The van der Waals surface area contributed by atoms with Crippen molar-refractivity contribution in [2.24, 2.45) is 0 Å². The molecule has 0 atom stereocenters. The Morgan fingerprint density at radius 2 is 2.00 bits per heavy atom. The Hall–Kier alpha value is -2.86. The lowest BCUT2D eigenvalue weighted by Gasteiger charge is -2.10. The van der Waals surface area contributed by atoms with Crippen molar-refractivity contribution in [2.45, 2.75) is 20.4 Å². The van der Waals surface area contributed by atoms with Gasteiger partial charge in [-0.05, 0) is 38.1 Å². The van der Waals surface area contributed by atoms with Gasteiger partial charge in [-0.25, -0.2) is 4.39 Å². The van der Waals surface area contributed by atoms with Crippen LogP contribution in [0.15, 0.2) is 42.5 Å². The second kappa shape index (κ2) is 7.80. The second-order valence-corrected chi connectivity index (χ2v) is 6.52. The molecule has 27 heavy (non-hydrogen) atoms. The van der Waals surface area contributed by atoms with E-state index in [2.05, 4.69) is 10.4 Å². The van der Waals surface area contributed by atoms with E-state index >= 15 is 0 Å². The minimum Gasteiger partial charge on any atom is -0.496 e. The third-order valence-corrected chi connectivity index (χ3v) is 4.70. The number of ether oxygens (including phenoxy) is 1. The number of rotatable bonds is 5. The first kappa shape index (κ1) is 18.9. The van der Waals surface area contributed by atoms with Crippen molar-refractivity contribution in [3.05, 3.63) is 75.7 Å². The lowest BCUT2D eigenvalue weighted by molar-refractivity contribution is 0.102. The molecule has 1 N–H and O–H groups in total. The van der Waals surface area contributed by atoms with E-state index in [0.717, 1.165) is 11.3 Å². The van der Waals surface area contributed by atoms with E-state index in [-0.39, 0.29) is 12.5 Å². The van der Waals surface area contributed by atoms with Crippen LogP contribution < -0.4 is 10.1 Å². The van der Waals surface area contributed by atoms with E-state index in [0.29, 0.717) is 27.7 Å². The smallest absolute Gasteiger partial charge is 0.257 e. The Kier molecular flexibility index (Phi) is 5.46. The van der Waals surface area contributed by atoms with Crippen LogP contribution in [-0.2, 0) is 6.54 Å². The molecule has 3 aromatic rings. The molecule has 0 spiro atoms. The first-order valence-electron chi connectivity index (χ1n) is 8.33. The topological polar surface area (TPSA) is 56.1 Å². The van der Waals surface area contributed by atoms with Gasteiger partial charge < -0.3 is 10.1 Å². The third kappa shape index (κ3) is 3.95. The Labute approximate surface area is 161 Å². The number of halogens is 2. The highest BCUT2D eigenvalue weighted by Crippen LogP contribution is 2.23. The molecule has 7 heteroatoms. The summed E-state index contributed by atoms with van der Waals surface area (Å²) in [7, 11) is 1.56. The zero-order valence-corrected chi connectivity index (χ0v) is 16.0.